The van der Waals surface area contributed by atoms with Crippen LogP contribution < -0.4 is 15.0 Å². The van der Waals surface area contributed by atoms with Gasteiger partial charge in [-0.15, -0.1) is 6.58 Å². The lowest BCUT2D eigenvalue weighted by Gasteiger charge is -2.16. The van der Waals surface area contributed by atoms with Gasteiger partial charge in [0.15, 0.2) is 11.5 Å². The van der Waals surface area contributed by atoms with Crippen LogP contribution >= 0.6 is 0 Å². The zero-order valence-electron chi connectivity index (χ0n) is 13.7. The Morgan fingerprint density at radius 1 is 1.08 bits per heavy atom. The van der Waals surface area contributed by atoms with Crippen LogP contribution in [0.2, 0.25) is 0 Å². The van der Waals surface area contributed by atoms with Crippen LogP contribution in [-0.2, 0) is 6.54 Å². The van der Waals surface area contributed by atoms with Gasteiger partial charge in [0.25, 0.3) is 5.56 Å². The fourth-order valence-electron chi connectivity index (χ4n) is 3.18. The van der Waals surface area contributed by atoms with Gasteiger partial charge in [-0.3, -0.25) is 4.79 Å². The maximum Gasteiger partial charge on any atom is 0.259 e. The molecule has 2 aromatic carbocycles. The highest BCUT2D eigenvalue weighted by molar-refractivity contribution is 5.87. The molecule has 0 bridgehead atoms. The van der Waals surface area contributed by atoms with Gasteiger partial charge in [0, 0.05) is 17.5 Å². The highest BCUT2D eigenvalue weighted by atomic mass is 16.7. The Balaban J connectivity index is 2.07. The maximum atomic E-state index is 13.0. The summed E-state index contributed by atoms with van der Waals surface area (Å²) in [4.78, 5) is 13.0. The second-order valence-corrected chi connectivity index (χ2v) is 5.82. The first-order valence-electron chi connectivity index (χ1n) is 8.03. The minimum atomic E-state index is -0.0410. The van der Waals surface area contributed by atoms with Crippen molar-refractivity contribution in [2.45, 2.75) is 6.54 Å². The molecule has 2 heterocycles. The van der Waals surface area contributed by atoms with Gasteiger partial charge in [-0.1, -0.05) is 36.9 Å². The number of hydrogen-bond acceptors (Lipinski definition) is 3. The van der Waals surface area contributed by atoms with Gasteiger partial charge in [-0.25, -0.2) is 0 Å². The van der Waals surface area contributed by atoms with Crippen LogP contribution in [0.5, 0.6) is 11.5 Å². The summed E-state index contributed by atoms with van der Waals surface area (Å²) in [6.07, 6.45) is 3.48. The van der Waals surface area contributed by atoms with Crippen molar-refractivity contribution in [2.24, 2.45) is 0 Å². The second-order valence-electron chi connectivity index (χ2n) is 5.82. The SMILES string of the molecule is C=CCn1c(-c2cc3c(cc2C=C)OCO3)cc2ccccc2c1=O. The van der Waals surface area contributed by atoms with Crippen molar-refractivity contribution in [3.05, 3.63) is 77.6 Å². The van der Waals surface area contributed by atoms with E-state index in [0.29, 0.717) is 23.4 Å². The quantitative estimate of drug-likeness (QED) is 0.672. The van der Waals surface area contributed by atoms with Crippen LogP contribution in [0.15, 0.2) is 66.5 Å². The number of allylic oxidation sites excluding steroid dienone is 1. The maximum absolute atomic E-state index is 13.0. The molecule has 0 radical (unpaired) electrons. The molecule has 1 aromatic heterocycles. The molecule has 0 fully saturated rings. The van der Waals surface area contributed by atoms with E-state index in [0.717, 1.165) is 22.2 Å². The monoisotopic (exact) mass is 331 g/mol. The molecule has 0 atom stereocenters. The van der Waals surface area contributed by atoms with Crippen LogP contribution in [-0.4, -0.2) is 11.4 Å². The smallest absolute Gasteiger partial charge is 0.259 e. The molecule has 124 valence electrons. The summed E-state index contributed by atoms with van der Waals surface area (Å²) in [5.41, 5.74) is 2.53. The van der Waals surface area contributed by atoms with Crippen molar-refractivity contribution in [3.63, 3.8) is 0 Å². The van der Waals surface area contributed by atoms with Crippen LogP contribution in [0.1, 0.15) is 5.56 Å². The van der Waals surface area contributed by atoms with Crippen molar-refractivity contribution in [1.29, 1.82) is 0 Å². The summed E-state index contributed by atoms with van der Waals surface area (Å²) >= 11 is 0. The molecule has 0 saturated heterocycles. The van der Waals surface area contributed by atoms with Crippen LogP contribution in [0, 0.1) is 0 Å². The Labute approximate surface area is 145 Å². The molecular weight excluding hydrogens is 314 g/mol. The number of aromatic nitrogens is 1. The Bertz CT molecular complexity index is 1060. The molecule has 0 saturated carbocycles. The summed E-state index contributed by atoms with van der Waals surface area (Å²) in [6, 6.07) is 13.4. The summed E-state index contributed by atoms with van der Waals surface area (Å²) in [6.45, 7) is 8.31. The first kappa shape index (κ1) is 15.3. The summed E-state index contributed by atoms with van der Waals surface area (Å²) in [5.74, 6) is 1.36. The topological polar surface area (TPSA) is 40.5 Å². The van der Waals surface area contributed by atoms with Crippen molar-refractivity contribution >= 4 is 16.8 Å². The van der Waals surface area contributed by atoms with Gasteiger partial charge in [0.1, 0.15) is 0 Å². The standard InChI is InChI=1S/C21H17NO3/c1-3-9-22-18(10-15-7-5-6-8-16(15)21(22)23)17-12-20-19(24-13-25-20)11-14(17)4-2/h3-8,10-12H,1-2,9,13H2. The van der Waals surface area contributed by atoms with E-state index in [-0.39, 0.29) is 12.4 Å². The normalized spacial score (nSPS) is 12.3. The van der Waals surface area contributed by atoms with Gasteiger partial charge in [-0.2, -0.15) is 0 Å². The molecule has 0 amide bonds. The van der Waals surface area contributed by atoms with Crippen molar-refractivity contribution in [1.82, 2.24) is 4.57 Å². The van der Waals surface area contributed by atoms with Gasteiger partial charge in [0.2, 0.25) is 6.79 Å². The minimum absolute atomic E-state index is 0.0410. The first-order chi connectivity index (χ1) is 12.2. The number of benzene rings is 2. The summed E-state index contributed by atoms with van der Waals surface area (Å²) in [5, 5.41) is 1.59. The largest absolute Gasteiger partial charge is 0.454 e. The van der Waals surface area contributed by atoms with E-state index in [2.05, 4.69) is 13.2 Å². The Morgan fingerprint density at radius 3 is 2.60 bits per heavy atom. The number of ether oxygens (including phenoxy) is 2. The summed E-state index contributed by atoms with van der Waals surface area (Å²) in [7, 11) is 0. The number of fused-ring (bicyclic) bond motifs is 2. The summed E-state index contributed by atoms with van der Waals surface area (Å²) < 4.78 is 12.7. The zero-order valence-corrected chi connectivity index (χ0v) is 13.7. The third kappa shape index (κ3) is 2.43. The molecule has 0 unspecified atom stereocenters. The zero-order chi connectivity index (χ0) is 17.4. The van der Waals surface area contributed by atoms with E-state index in [1.807, 2.05) is 42.5 Å². The average molecular weight is 331 g/mol. The third-order valence-electron chi connectivity index (χ3n) is 4.37. The van der Waals surface area contributed by atoms with E-state index in [1.165, 1.54) is 0 Å². The highest BCUT2D eigenvalue weighted by Gasteiger charge is 2.19. The molecule has 0 aliphatic carbocycles. The Kier molecular flexibility index (Phi) is 3.65. The van der Waals surface area contributed by atoms with Crippen molar-refractivity contribution in [2.75, 3.05) is 6.79 Å². The first-order valence-corrected chi connectivity index (χ1v) is 8.03. The van der Waals surface area contributed by atoms with Crippen LogP contribution in [0.4, 0.5) is 0 Å². The lowest BCUT2D eigenvalue weighted by Crippen LogP contribution is -2.21. The van der Waals surface area contributed by atoms with E-state index >= 15 is 0 Å². The second kappa shape index (κ2) is 5.98. The molecule has 4 nitrogen and oxygen atoms in total. The van der Waals surface area contributed by atoms with Gasteiger partial charge < -0.3 is 14.0 Å². The molecule has 4 heteroatoms. The van der Waals surface area contributed by atoms with Crippen LogP contribution in [0.3, 0.4) is 0 Å². The molecule has 0 spiro atoms. The number of nitrogens with zero attached hydrogens (tertiary/aromatic N) is 1. The average Bonchev–Trinajstić information content (AvgIpc) is 3.10. The predicted molar refractivity (Wildman–Crippen MR) is 100 cm³/mol. The van der Waals surface area contributed by atoms with Crippen molar-refractivity contribution in [3.8, 4) is 22.8 Å². The van der Waals surface area contributed by atoms with E-state index in [9.17, 15) is 4.79 Å². The molecule has 25 heavy (non-hydrogen) atoms. The Morgan fingerprint density at radius 2 is 1.84 bits per heavy atom. The molecular formula is C21H17NO3. The molecule has 4 rings (SSSR count). The third-order valence-corrected chi connectivity index (χ3v) is 4.37. The number of rotatable bonds is 4. The predicted octanol–water partition coefficient (Wildman–Crippen LogP) is 4.23. The highest BCUT2D eigenvalue weighted by Crippen LogP contribution is 2.39. The van der Waals surface area contributed by atoms with E-state index < -0.39 is 0 Å². The van der Waals surface area contributed by atoms with Gasteiger partial charge >= 0.3 is 0 Å². The van der Waals surface area contributed by atoms with E-state index in [4.69, 9.17) is 9.47 Å². The minimum Gasteiger partial charge on any atom is -0.454 e. The number of pyridine rings is 1. The fraction of sp³-hybridized carbons (Fsp3) is 0.0952. The number of hydrogen-bond donors (Lipinski definition) is 0. The van der Waals surface area contributed by atoms with Crippen LogP contribution in [0.25, 0.3) is 28.1 Å². The van der Waals surface area contributed by atoms with E-state index in [1.54, 1.807) is 16.7 Å². The molecule has 1 aliphatic rings. The van der Waals surface area contributed by atoms with Gasteiger partial charge in [0.05, 0.1) is 5.69 Å². The lowest BCUT2D eigenvalue weighted by atomic mass is 10.00. The fourth-order valence-corrected chi connectivity index (χ4v) is 3.18. The Hall–Kier alpha value is -3.27. The lowest BCUT2D eigenvalue weighted by molar-refractivity contribution is 0.174. The molecule has 1 aliphatic heterocycles. The van der Waals surface area contributed by atoms with Crippen molar-refractivity contribution < 1.29 is 9.47 Å². The van der Waals surface area contributed by atoms with Gasteiger partial charge in [-0.05, 0) is 35.2 Å². The molecule has 0 N–H and O–H groups in total. The molecule has 3 aromatic rings.